The van der Waals surface area contributed by atoms with Crippen molar-refractivity contribution in [1.82, 2.24) is 14.5 Å². The molecule has 2 heterocycles. The lowest BCUT2D eigenvalue weighted by molar-refractivity contribution is -0.137. The average molecular weight is 510 g/mol. The molecule has 0 amide bonds. The van der Waals surface area contributed by atoms with Crippen LogP contribution in [-0.4, -0.2) is 58.4 Å². The molecular weight excluding hydrogens is 482 g/mol. The first-order valence-electron chi connectivity index (χ1n) is 11.5. The van der Waals surface area contributed by atoms with Gasteiger partial charge in [-0.3, -0.25) is 0 Å². The summed E-state index contributed by atoms with van der Waals surface area (Å²) in [6, 6.07) is 14.7. The van der Waals surface area contributed by atoms with Crippen LogP contribution in [0.5, 0.6) is 0 Å². The number of para-hydroxylation sites is 2. The summed E-state index contributed by atoms with van der Waals surface area (Å²) in [5, 5.41) is 11.5. The SMILES string of the molecule is COC(=O)C1=C(C)N(CC(O)Cn2cnc3ccccc32)C(C)=C(C(=O)OC)C1c1cccc(Cl)c1. The lowest BCUT2D eigenvalue weighted by atomic mass is 9.79. The molecule has 1 atom stereocenters. The number of hydrogen-bond acceptors (Lipinski definition) is 7. The first-order valence-corrected chi connectivity index (χ1v) is 11.8. The minimum absolute atomic E-state index is 0.132. The van der Waals surface area contributed by atoms with Gasteiger partial charge in [0.15, 0.2) is 0 Å². The molecule has 0 saturated heterocycles. The van der Waals surface area contributed by atoms with Crippen molar-refractivity contribution in [3.63, 3.8) is 0 Å². The molecule has 2 aromatic carbocycles. The number of fused-ring (bicyclic) bond motifs is 1. The van der Waals surface area contributed by atoms with Gasteiger partial charge in [-0.05, 0) is 43.7 Å². The molecule has 0 saturated carbocycles. The summed E-state index contributed by atoms with van der Waals surface area (Å²) in [5.74, 6) is -1.90. The first-order chi connectivity index (χ1) is 17.3. The number of allylic oxidation sites excluding steroid dienone is 2. The number of benzene rings is 2. The molecule has 1 aliphatic rings. The van der Waals surface area contributed by atoms with Crippen LogP contribution in [-0.2, 0) is 25.6 Å². The molecule has 9 heteroatoms. The van der Waals surface area contributed by atoms with Crippen LogP contribution in [0.15, 0.2) is 77.4 Å². The highest BCUT2D eigenvalue weighted by molar-refractivity contribution is 6.30. The Morgan fingerprint density at radius 2 is 1.64 bits per heavy atom. The maximum atomic E-state index is 13.1. The van der Waals surface area contributed by atoms with Crippen LogP contribution < -0.4 is 0 Å². The summed E-state index contributed by atoms with van der Waals surface area (Å²) in [7, 11) is 2.59. The number of hydrogen-bond donors (Lipinski definition) is 1. The van der Waals surface area contributed by atoms with Gasteiger partial charge in [-0.1, -0.05) is 35.9 Å². The Balaban J connectivity index is 1.76. The van der Waals surface area contributed by atoms with E-state index in [9.17, 15) is 14.7 Å². The smallest absolute Gasteiger partial charge is 0.336 e. The molecule has 0 radical (unpaired) electrons. The quantitative estimate of drug-likeness (QED) is 0.480. The molecule has 1 aliphatic heterocycles. The van der Waals surface area contributed by atoms with Crippen LogP contribution in [0.3, 0.4) is 0 Å². The van der Waals surface area contributed by atoms with E-state index >= 15 is 0 Å². The molecule has 4 rings (SSSR count). The molecule has 0 aliphatic carbocycles. The highest BCUT2D eigenvalue weighted by Crippen LogP contribution is 2.43. The van der Waals surface area contributed by atoms with Gasteiger partial charge in [0.1, 0.15) is 0 Å². The largest absolute Gasteiger partial charge is 0.466 e. The Kier molecular flexibility index (Phi) is 7.47. The standard InChI is InChI=1S/C27H28ClN3O5/c1-16-23(26(33)35-3)25(18-8-7-9-19(28)12-18)24(27(34)36-4)17(2)31(16)14-20(32)13-30-15-29-21-10-5-6-11-22(21)30/h5-12,15,20,25,32H,13-14H2,1-4H3. The lowest BCUT2D eigenvalue weighted by Gasteiger charge is -2.38. The van der Waals surface area contributed by atoms with Crippen molar-refractivity contribution in [2.24, 2.45) is 0 Å². The summed E-state index contributed by atoms with van der Waals surface area (Å²) < 4.78 is 12.1. The van der Waals surface area contributed by atoms with E-state index in [0.717, 1.165) is 11.0 Å². The summed E-state index contributed by atoms with van der Waals surface area (Å²) in [6.45, 7) is 3.96. The Labute approximate surface area is 214 Å². The lowest BCUT2D eigenvalue weighted by Crippen LogP contribution is -2.39. The van der Waals surface area contributed by atoms with Crippen LogP contribution >= 0.6 is 11.6 Å². The number of aromatic nitrogens is 2. The predicted octanol–water partition coefficient (Wildman–Crippen LogP) is 4.04. The number of nitrogens with zero attached hydrogens (tertiary/aromatic N) is 3. The van der Waals surface area contributed by atoms with Gasteiger partial charge in [0, 0.05) is 16.4 Å². The first kappa shape index (κ1) is 25.5. The van der Waals surface area contributed by atoms with E-state index in [2.05, 4.69) is 4.98 Å². The van der Waals surface area contributed by atoms with Gasteiger partial charge in [-0.15, -0.1) is 0 Å². The molecule has 8 nitrogen and oxygen atoms in total. The third-order valence-electron chi connectivity index (χ3n) is 6.49. The fourth-order valence-corrected chi connectivity index (χ4v) is 5.00. The van der Waals surface area contributed by atoms with Crippen molar-refractivity contribution < 1.29 is 24.2 Å². The fourth-order valence-electron chi connectivity index (χ4n) is 4.80. The summed E-state index contributed by atoms with van der Waals surface area (Å²) in [5.41, 5.74) is 4.11. The number of aliphatic hydroxyl groups excluding tert-OH is 1. The summed E-state index contributed by atoms with van der Waals surface area (Å²) >= 11 is 6.25. The summed E-state index contributed by atoms with van der Waals surface area (Å²) in [6.07, 6.45) is 0.845. The molecule has 1 N–H and O–H groups in total. The van der Waals surface area contributed by atoms with Crippen LogP contribution in [0.2, 0.25) is 5.02 Å². The molecule has 0 spiro atoms. The number of aliphatic hydroxyl groups is 1. The average Bonchev–Trinajstić information content (AvgIpc) is 3.28. The molecular formula is C27H28ClN3O5. The molecule has 0 fully saturated rings. The van der Waals surface area contributed by atoms with Crippen molar-refractivity contribution in [3.8, 4) is 0 Å². The van der Waals surface area contributed by atoms with Gasteiger partial charge in [0.25, 0.3) is 0 Å². The van der Waals surface area contributed by atoms with E-state index in [-0.39, 0.29) is 24.2 Å². The van der Waals surface area contributed by atoms with Gasteiger partial charge >= 0.3 is 11.9 Å². The molecule has 0 bridgehead atoms. The number of carbonyl (C=O) groups is 2. The van der Waals surface area contributed by atoms with Gasteiger partial charge in [0.05, 0.1) is 67.8 Å². The van der Waals surface area contributed by atoms with E-state index in [1.807, 2.05) is 28.8 Å². The molecule has 36 heavy (non-hydrogen) atoms. The zero-order valence-corrected chi connectivity index (χ0v) is 21.3. The van der Waals surface area contributed by atoms with Crippen molar-refractivity contribution in [2.75, 3.05) is 20.8 Å². The third-order valence-corrected chi connectivity index (χ3v) is 6.72. The van der Waals surface area contributed by atoms with Gasteiger partial charge < -0.3 is 24.0 Å². The highest BCUT2D eigenvalue weighted by atomic mass is 35.5. The van der Waals surface area contributed by atoms with Gasteiger partial charge in [-0.2, -0.15) is 0 Å². The summed E-state index contributed by atoms with van der Waals surface area (Å²) in [4.78, 5) is 32.3. The maximum Gasteiger partial charge on any atom is 0.336 e. The molecule has 3 aromatic rings. The number of imidazole rings is 1. The molecule has 1 unspecified atom stereocenters. The monoisotopic (exact) mass is 509 g/mol. The second-order valence-electron chi connectivity index (χ2n) is 8.62. The zero-order valence-electron chi connectivity index (χ0n) is 20.6. The Hall–Kier alpha value is -3.62. The van der Waals surface area contributed by atoms with E-state index in [1.54, 1.807) is 49.3 Å². The minimum atomic E-state index is -0.840. The second-order valence-corrected chi connectivity index (χ2v) is 9.06. The fraction of sp³-hybridized carbons (Fsp3) is 0.296. The van der Waals surface area contributed by atoms with Crippen LogP contribution in [0, 0.1) is 0 Å². The Morgan fingerprint density at radius 3 is 2.25 bits per heavy atom. The number of β-amino-alcohol motifs (C(OH)–C–C–N with tert-alkyl or cyclic N) is 1. The normalized spacial score (nSPS) is 15.4. The maximum absolute atomic E-state index is 13.1. The predicted molar refractivity (Wildman–Crippen MR) is 136 cm³/mol. The Bertz CT molecular complexity index is 1340. The van der Waals surface area contributed by atoms with E-state index in [1.165, 1.54) is 14.2 Å². The topological polar surface area (TPSA) is 93.9 Å². The number of esters is 2. The zero-order chi connectivity index (χ0) is 26.0. The number of carbonyl (C=O) groups excluding carboxylic acids is 2. The van der Waals surface area contributed by atoms with Crippen molar-refractivity contribution in [1.29, 1.82) is 0 Å². The van der Waals surface area contributed by atoms with E-state index < -0.39 is 24.0 Å². The Morgan fingerprint density at radius 1 is 1.00 bits per heavy atom. The number of halogens is 1. The van der Waals surface area contributed by atoms with Crippen molar-refractivity contribution in [3.05, 3.63) is 88.0 Å². The number of rotatable bonds is 7. The van der Waals surface area contributed by atoms with Crippen LogP contribution in [0.1, 0.15) is 25.3 Å². The van der Waals surface area contributed by atoms with Crippen molar-refractivity contribution >= 4 is 34.6 Å². The number of methoxy groups -OCH3 is 2. The second kappa shape index (κ2) is 10.6. The van der Waals surface area contributed by atoms with Gasteiger partial charge in [0.2, 0.25) is 0 Å². The van der Waals surface area contributed by atoms with Crippen LogP contribution in [0.25, 0.3) is 11.0 Å². The third kappa shape index (κ3) is 4.74. The van der Waals surface area contributed by atoms with E-state index in [0.29, 0.717) is 22.0 Å². The van der Waals surface area contributed by atoms with E-state index in [4.69, 9.17) is 21.1 Å². The number of ether oxygens (including phenoxy) is 2. The molecule has 1 aromatic heterocycles. The highest BCUT2D eigenvalue weighted by Gasteiger charge is 2.40. The van der Waals surface area contributed by atoms with Crippen LogP contribution in [0.4, 0.5) is 0 Å². The van der Waals surface area contributed by atoms with Gasteiger partial charge in [-0.25, -0.2) is 14.6 Å². The minimum Gasteiger partial charge on any atom is -0.466 e. The molecule has 188 valence electrons. The van der Waals surface area contributed by atoms with Crippen molar-refractivity contribution in [2.45, 2.75) is 32.4 Å².